The fourth-order valence-corrected chi connectivity index (χ4v) is 3.91. The summed E-state index contributed by atoms with van der Waals surface area (Å²) in [6.07, 6.45) is -0.391. The summed E-state index contributed by atoms with van der Waals surface area (Å²) in [5.74, 6) is -0.233. The number of para-hydroxylation sites is 2. The number of hydrogen-bond acceptors (Lipinski definition) is 6. The number of nitrogens with one attached hydrogen (secondary N) is 1. The molecule has 1 unspecified atom stereocenters. The van der Waals surface area contributed by atoms with E-state index in [0.29, 0.717) is 36.9 Å². The first kappa shape index (κ1) is 25.3. The Hall–Kier alpha value is -3.33. The zero-order chi connectivity index (χ0) is 24.9. The highest BCUT2D eigenvalue weighted by Crippen LogP contribution is 2.28. The summed E-state index contributed by atoms with van der Waals surface area (Å²) in [5, 5.41) is 14.7. The molecule has 0 saturated carbocycles. The van der Waals surface area contributed by atoms with E-state index >= 15 is 0 Å². The lowest BCUT2D eigenvalue weighted by Crippen LogP contribution is -2.56. The summed E-state index contributed by atoms with van der Waals surface area (Å²) < 4.78 is 5.36. The molecule has 1 saturated heterocycles. The zero-order valence-electron chi connectivity index (χ0n) is 19.5. The van der Waals surface area contributed by atoms with Crippen LogP contribution in [0, 0.1) is 10.1 Å². The molecule has 1 aliphatic heterocycles. The lowest BCUT2D eigenvalue weighted by Gasteiger charge is -2.37. The summed E-state index contributed by atoms with van der Waals surface area (Å²) in [6, 6.07) is 12.8. The molecule has 1 atom stereocenters. The third-order valence-corrected chi connectivity index (χ3v) is 5.60. The first-order valence-corrected chi connectivity index (χ1v) is 11.4. The highest BCUT2D eigenvalue weighted by molar-refractivity contribution is 6.30. The van der Waals surface area contributed by atoms with Crippen LogP contribution in [0.15, 0.2) is 48.5 Å². The zero-order valence-corrected chi connectivity index (χ0v) is 20.2. The second kappa shape index (κ2) is 10.7. The monoisotopic (exact) mass is 488 g/mol. The number of halogens is 1. The van der Waals surface area contributed by atoms with Crippen LogP contribution in [0.25, 0.3) is 0 Å². The number of amides is 2. The number of nitro groups is 1. The number of rotatable bonds is 6. The minimum Gasteiger partial charge on any atom is -0.444 e. The van der Waals surface area contributed by atoms with Crippen LogP contribution in [0.4, 0.5) is 16.2 Å². The molecule has 0 bridgehead atoms. The van der Waals surface area contributed by atoms with E-state index in [4.69, 9.17) is 16.3 Å². The minimum atomic E-state index is -0.825. The van der Waals surface area contributed by atoms with Crippen LogP contribution in [0.5, 0.6) is 0 Å². The van der Waals surface area contributed by atoms with Gasteiger partial charge < -0.3 is 19.9 Å². The number of nitro benzene ring substituents is 1. The molecule has 0 radical (unpaired) electrons. The molecule has 1 aliphatic rings. The van der Waals surface area contributed by atoms with E-state index in [1.54, 1.807) is 56.0 Å². The number of nitrogens with zero attached hydrogens (tertiary/aromatic N) is 3. The van der Waals surface area contributed by atoms with Crippen molar-refractivity contribution in [3.05, 3.63) is 69.2 Å². The minimum absolute atomic E-state index is 0.0366. The lowest BCUT2D eigenvalue weighted by molar-refractivity contribution is -0.384. The molecule has 0 aliphatic carbocycles. The van der Waals surface area contributed by atoms with Crippen molar-refractivity contribution in [3.63, 3.8) is 0 Å². The predicted molar refractivity (Wildman–Crippen MR) is 130 cm³/mol. The third kappa shape index (κ3) is 6.84. The second-order valence-corrected chi connectivity index (χ2v) is 9.52. The molecule has 9 nitrogen and oxygen atoms in total. The first-order valence-electron chi connectivity index (χ1n) is 11.0. The van der Waals surface area contributed by atoms with Gasteiger partial charge in [-0.15, -0.1) is 0 Å². The van der Waals surface area contributed by atoms with E-state index in [1.807, 2.05) is 17.0 Å². The van der Waals surface area contributed by atoms with Gasteiger partial charge in [-0.25, -0.2) is 4.79 Å². The van der Waals surface area contributed by atoms with Crippen LogP contribution < -0.4 is 10.2 Å². The van der Waals surface area contributed by atoms with Gasteiger partial charge in [0.05, 0.1) is 4.92 Å². The molecule has 10 heteroatoms. The van der Waals surface area contributed by atoms with E-state index in [0.717, 1.165) is 5.56 Å². The van der Waals surface area contributed by atoms with Crippen molar-refractivity contribution in [1.82, 2.24) is 10.2 Å². The van der Waals surface area contributed by atoms with Gasteiger partial charge in [0, 0.05) is 43.7 Å². The molecule has 182 valence electrons. The van der Waals surface area contributed by atoms with Crippen molar-refractivity contribution in [2.24, 2.45) is 0 Å². The Morgan fingerprint density at radius 3 is 2.29 bits per heavy atom. The maximum atomic E-state index is 13.4. The van der Waals surface area contributed by atoms with Crippen molar-refractivity contribution in [2.45, 2.75) is 38.8 Å². The molecular weight excluding hydrogens is 460 g/mol. The van der Waals surface area contributed by atoms with E-state index in [-0.39, 0.29) is 18.0 Å². The van der Waals surface area contributed by atoms with Gasteiger partial charge in [0.25, 0.3) is 5.69 Å². The molecule has 0 aromatic heterocycles. The van der Waals surface area contributed by atoms with Gasteiger partial charge >= 0.3 is 6.09 Å². The van der Waals surface area contributed by atoms with Gasteiger partial charge in [-0.3, -0.25) is 14.9 Å². The molecule has 1 heterocycles. The molecule has 3 rings (SSSR count). The van der Waals surface area contributed by atoms with Crippen LogP contribution in [0.1, 0.15) is 26.3 Å². The number of anilines is 1. The van der Waals surface area contributed by atoms with E-state index < -0.39 is 22.7 Å². The Balaban J connectivity index is 1.71. The van der Waals surface area contributed by atoms with E-state index in [2.05, 4.69) is 5.32 Å². The van der Waals surface area contributed by atoms with Gasteiger partial charge in [-0.1, -0.05) is 35.9 Å². The number of benzene rings is 2. The average molecular weight is 489 g/mol. The first-order chi connectivity index (χ1) is 16.0. The predicted octanol–water partition coefficient (Wildman–Crippen LogP) is 4.03. The summed E-state index contributed by atoms with van der Waals surface area (Å²) in [6.45, 7) is 6.89. The fourth-order valence-electron chi connectivity index (χ4n) is 3.78. The number of carbonyl (C=O) groups is 2. The number of piperazine rings is 1. The van der Waals surface area contributed by atoms with Crippen LogP contribution in [0.2, 0.25) is 5.02 Å². The number of hydrogen-bond donors (Lipinski definition) is 1. The highest BCUT2D eigenvalue weighted by Gasteiger charge is 2.31. The smallest absolute Gasteiger partial charge is 0.408 e. The fraction of sp³-hybridized carbons (Fsp3) is 0.417. The Morgan fingerprint density at radius 2 is 1.71 bits per heavy atom. The SMILES string of the molecule is CC(C)(C)OC(=O)NC(Cc1ccc(Cl)cc1)C(=O)N1CCN(c2ccccc2[N+](=O)[O-])CC1. The summed E-state index contributed by atoms with van der Waals surface area (Å²) in [5.41, 5.74) is 0.713. The standard InChI is InChI=1S/C24H29ClN4O5/c1-24(2,3)34-23(31)26-19(16-17-8-10-18(25)11-9-17)22(30)28-14-12-27(13-15-28)20-6-4-5-7-21(20)29(32)33/h4-11,19H,12-16H2,1-3H3,(H,26,31). The molecule has 2 amide bonds. The third-order valence-electron chi connectivity index (χ3n) is 5.35. The molecule has 2 aromatic carbocycles. The molecule has 1 N–H and O–H groups in total. The van der Waals surface area contributed by atoms with Gasteiger partial charge in [0.2, 0.25) is 5.91 Å². The highest BCUT2D eigenvalue weighted by atomic mass is 35.5. The Bertz CT molecular complexity index is 1030. The summed E-state index contributed by atoms with van der Waals surface area (Å²) in [7, 11) is 0. The van der Waals surface area contributed by atoms with Crippen LogP contribution in [-0.2, 0) is 16.0 Å². The van der Waals surface area contributed by atoms with Gasteiger partial charge in [0.15, 0.2) is 0 Å². The van der Waals surface area contributed by atoms with Crippen molar-refractivity contribution < 1.29 is 19.2 Å². The van der Waals surface area contributed by atoms with Gasteiger partial charge in [0.1, 0.15) is 17.3 Å². The van der Waals surface area contributed by atoms with Gasteiger partial charge in [-0.2, -0.15) is 0 Å². The van der Waals surface area contributed by atoms with E-state index in [1.165, 1.54) is 6.07 Å². The van der Waals surface area contributed by atoms with Crippen LogP contribution in [-0.4, -0.2) is 59.6 Å². The topological polar surface area (TPSA) is 105 Å². The largest absolute Gasteiger partial charge is 0.444 e. The summed E-state index contributed by atoms with van der Waals surface area (Å²) in [4.78, 5) is 40.4. The molecule has 1 fully saturated rings. The van der Waals surface area contributed by atoms with Crippen LogP contribution >= 0.6 is 11.6 Å². The van der Waals surface area contributed by atoms with Crippen molar-refractivity contribution >= 4 is 35.0 Å². The molecule has 2 aromatic rings. The second-order valence-electron chi connectivity index (χ2n) is 9.09. The Morgan fingerprint density at radius 1 is 1.09 bits per heavy atom. The van der Waals surface area contributed by atoms with Crippen molar-refractivity contribution in [2.75, 3.05) is 31.1 Å². The molecule has 0 spiro atoms. The Kier molecular flexibility index (Phi) is 7.98. The van der Waals surface area contributed by atoms with Gasteiger partial charge in [-0.05, 0) is 44.5 Å². The molecular formula is C24H29ClN4O5. The lowest BCUT2D eigenvalue weighted by atomic mass is 10.0. The maximum Gasteiger partial charge on any atom is 0.408 e. The Labute approximate surface area is 203 Å². The maximum absolute atomic E-state index is 13.4. The number of carbonyl (C=O) groups excluding carboxylic acids is 2. The van der Waals surface area contributed by atoms with Crippen molar-refractivity contribution in [3.8, 4) is 0 Å². The quantitative estimate of drug-likeness (QED) is 0.486. The normalized spacial score (nSPS) is 14.9. The molecule has 34 heavy (non-hydrogen) atoms. The van der Waals surface area contributed by atoms with Crippen molar-refractivity contribution in [1.29, 1.82) is 0 Å². The average Bonchev–Trinajstić information content (AvgIpc) is 2.78. The van der Waals surface area contributed by atoms with E-state index in [9.17, 15) is 19.7 Å². The number of ether oxygens (including phenoxy) is 1. The van der Waals surface area contributed by atoms with Crippen LogP contribution in [0.3, 0.4) is 0 Å². The summed E-state index contributed by atoms with van der Waals surface area (Å²) >= 11 is 5.97. The number of alkyl carbamates (subject to hydrolysis) is 1.